The van der Waals surface area contributed by atoms with Gasteiger partial charge in [0.25, 0.3) is 0 Å². The van der Waals surface area contributed by atoms with Crippen LogP contribution >= 0.6 is 0 Å². The number of unbranched alkanes of at least 4 members (excludes halogenated alkanes) is 31. The molecule has 73 heavy (non-hydrogen) atoms. The van der Waals surface area contributed by atoms with Crippen LogP contribution in [0.25, 0.3) is 0 Å². The molecule has 0 amide bonds. The molecule has 0 spiro atoms. The minimum absolute atomic E-state index is 0.0458. The van der Waals surface area contributed by atoms with Crippen molar-refractivity contribution >= 4 is 23.9 Å². The lowest BCUT2D eigenvalue weighted by molar-refractivity contribution is -0.301. The van der Waals surface area contributed by atoms with Gasteiger partial charge >= 0.3 is 23.9 Å². The van der Waals surface area contributed by atoms with E-state index in [0.29, 0.717) is 19.3 Å². The van der Waals surface area contributed by atoms with Crippen LogP contribution in [0.3, 0.4) is 0 Å². The van der Waals surface area contributed by atoms with Gasteiger partial charge in [0.2, 0.25) is 0 Å². The molecule has 0 aromatic carbocycles. The van der Waals surface area contributed by atoms with Crippen LogP contribution in [-0.2, 0) is 42.9 Å². The van der Waals surface area contributed by atoms with Gasteiger partial charge in [-0.2, -0.15) is 0 Å². The third kappa shape index (κ3) is 39.9. The van der Waals surface area contributed by atoms with Crippen LogP contribution in [0.4, 0.5) is 0 Å². The van der Waals surface area contributed by atoms with E-state index in [2.05, 4.69) is 57.2 Å². The molecule has 1 saturated heterocycles. The highest BCUT2D eigenvalue weighted by Gasteiger charge is 2.50. The number of carboxylic acid groups (broad SMARTS) is 1. The quantitative estimate of drug-likeness (QED) is 0.0228. The predicted molar refractivity (Wildman–Crippen MR) is 294 cm³/mol. The highest BCUT2D eigenvalue weighted by atomic mass is 16.7. The van der Waals surface area contributed by atoms with Crippen molar-refractivity contribution in [2.45, 2.75) is 314 Å². The van der Waals surface area contributed by atoms with E-state index in [0.717, 1.165) is 109 Å². The van der Waals surface area contributed by atoms with Gasteiger partial charge < -0.3 is 39.0 Å². The zero-order chi connectivity index (χ0) is 53.3. The number of hydrogen-bond acceptors (Lipinski definition) is 11. The van der Waals surface area contributed by atoms with Gasteiger partial charge in [0.05, 0.1) is 6.61 Å². The monoisotopic (exact) mass is 1030 g/mol. The first kappa shape index (κ1) is 68.0. The molecular weight excluding hydrogens is 925 g/mol. The Hall–Kier alpha value is -3.06. The van der Waals surface area contributed by atoms with Crippen molar-refractivity contribution in [3.63, 3.8) is 0 Å². The summed E-state index contributed by atoms with van der Waals surface area (Å²) in [5, 5.41) is 31.4. The van der Waals surface area contributed by atoms with Crippen molar-refractivity contribution in [3.8, 4) is 0 Å². The third-order valence-electron chi connectivity index (χ3n) is 13.7. The molecule has 1 heterocycles. The van der Waals surface area contributed by atoms with E-state index >= 15 is 0 Å². The number of aliphatic hydroxyl groups is 2. The van der Waals surface area contributed by atoms with E-state index in [1.54, 1.807) is 0 Å². The van der Waals surface area contributed by atoms with E-state index in [1.165, 1.54) is 109 Å². The first-order valence-electron chi connectivity index (χ1n) is 30.0. The number of rotatable bonds is 51. The molecule has 1 rings (SSSR count). The van der Waals surface area contributed by atoms with Crippen molar-refractivity contribution in [3.05, 3.63) is 36.5 Å². The summed E-state index contributed by atoms with van der Waals surface area (Å²) in [6, 6.07) is 0. The van der Waals surface area contributed by atoms with Gasteiger partial charge in [0.15, 0.2) is 24.6 Å². The molecule has 0 radical (unpaired) electrons. The maximum atomic E-state index is 13.1. The summed E-state index contributed by atoms with van der Waals surface area (Å²) >= 11 is 0. The van der Waals surface area contributed by atoms with E-state index in [-0.39, 0.29) is 25.9 Å². The van der Waals surface area contributed by atoms with Crippen LogP contribution in [0.5, 0.6) is 0 Å². The van der Waals surface area contributed by atoms with Gasteiger partial charge in [0.1, 0.15) is 18.8 Å². The second-order valence-corrected chi connectivity index (χ2v) is 20.6. The van der Waals surface area contributed by atoms with E-state index in [4.69, 9.17) is 23.7 Å². The van der Waals surface area contributed by atoms with Gasteiger partial charge in [-0.1, -0.05) is 231 Å². The smallest absolute Gasteiger partial charge is 0.335 e. The number of allylic oxidation sites excluding steroid dienone is 6. The largest absolute Gasteiger partial charge is 0.479 e. The first-order chi connectivity index (χ1) is 35.6. The maximum absolute atomic E-state index is 13.1. The lowest BCUT2D eigenvalue weighted by atomic mass is 9.98. The Balaban J connectivity index is 2.64. The molecule has 0 aliphatic carbocycles. The first-order valence-corrected chi connectivity index (χ1v) is 30.0. The van der Waals surface area contributed by atoms with Crippen LogP contribution in [0, 0.1) is 0 Å². The molecule has 12 nitrogen and oxygen atoms in total. The van der Waals surface area contributed by atoms with E-state index in [1.807, 2.05) is 0 Å². The van der Waals surface area contributed by atoms with Crippen LogP contribution in [0.1, 0.15) is 278 Å². The Labute approximate surface area is 444 Å². The summed E-state index contributed by atoms with van der Waals surface area (Å²) in [6.07, 6.45) is 45.6. The van der Waals surface area contributed by atoms with Crippen molar-refractivity contribution in [2.24, 2.45) is 0 Å². The van der Waals surface area contributed by atoms with E-state index < -0.39 is 67.3 Å². The Morgan fingerprint density at radius 3 is 1.34 bits per heavy atom. The number of aliphatic carboxylic acids is 1. The molecule has 6 unspecified atom stereocenters. The number of carboxylic acids is 1. The fourth-order valence-electron chi connectivity index (χ4n) is 9.03. The highest BCUT2D eigenvalue weighted by Crippen LogP contribution is 2.26. The molecule has 1 fully saturated rings. The minimum atomic E-state index is -1.91. The SMILES string of the molecule is CCC/C=C\C/C=C\CCCCCCCC(=O)OC1C(OCC(COC(=O)CCCCCCCCCCCCCCCCCCCCC)OC(=O)CCCCCCC/C=C\CCCC)OC(C(=O)O)C(O)C1O. The van der Waals surface area contributed by atoms with Crippen LogP contribution in [-0.4, -0.2) is 89.2 Å². The average molecular weight is 1030 g/mol. The van der Waals surface area contributed by atoms with Crippen molar-refractivity contribution in [2.75, 3.05) is 13.2 Å². The minimum Gasteiger partial charge on any atom is -0.479 e. The average Bonchev–Trinajstić information content (AvgIpc) is 3.37. The second kappa shape index (κ2) is 49.8. The Morgan fingerprint density at radius 1 is 0.452 bits per heavy atom. The highest BCUT2D eigenvalue weighted by molar-refractivity contribution is 5.74. The van der Waals surface area contributed by atoms with Gasteiger partial charge in [-0.3, -0.25) is 14.4 Å². The number of hydrogen-bond donors (Lipinski definition) is 3. The number of esters is 3. The zero-order valence-corrected chi connectivity index (χ0v) is 46.6. The molecule has 1 aliphatic heterocycles. The number of carbonyl (C=O) groups excluding carboxylic acids is 3. The lowest BCUT2D eigenvalue weighted by Crippen LogP contribution is -2.61. The fraction of sp³-hybridized carbons (Fsp3) is 0.836. The van der Waals surface area contributed by atoms with Gasteiger partial charge in [-0.05, 0) is 64.2 Å². The van der Waals surface area contributed by atoms with Crippen LogP contribution < -0.4 is 0 Å². The molecule has 3 N–H and O–H groups in total. The summed E-state index contributed by atoms with van der Waals surface area (Å²) in [5.41, 5.74) is 0. The standard InChI is InChI=1S/C61H108O12/c1-4-7-10-13-16-19-22-24-25-26-27-28-29-31-33-35-38-41-44-47-53(62)69-50-52(71-54(63)48-45-42-39-36-32-21-18-15-12-9-6-3)51-70-61-59(57(66)56(65)58(73-61)60(67)68)72-55(64)49-46-43-40-37-34-30-23-20-17-14-11-8-5-2/h11,14-15,18,20,23,52,56-59,61,65-66H,4-10,12-13,16-17,19,21-22,24-51H2,1-3H3,(H,67,68)/b14-11-,18-15-,23-20-. The van der Waals surface area contributed by atoms with Crippen molar-refractivity contribution in [1.29, 1.82) is 0 Å². The van der Waals surface area contributed by atoms with Crippen molar-refractivity contribution in [1.82, 2.24) is 0 Å². The maximum Gasteiger partial charge on any atom is 0.335 e. The normalized spacial score (nSPS) is 18.5. The third-order valence-corrected chi connectivity index (χ3v) is 13.7. The lowest BCUT2D eigenvalue weighted by Gasteiger charge is -2.40. The van der Waals surface area contributed by atoms with Crippen LogP contribution in [0.15, 0.2) is 36.5 Å². The Kier molecular flexibility index (Phi) is 46.4. The van der Waals surface area contributed by atoms with Crippen LogP contribution in [0.2, 0.25) is 0 Å². The molecule has 0 bridgehead atoms. The molecule has 0 saturated carbocycles. The van der Waals surface area contributed by atoms with E-state index in [9.17, 15) is 34.5 Å². The van der Waals surface area contributed by atoms with Gasteiger partial charge in [-0.15, -0.1) is 0 Å². The summed E-state index contributed by atoms with van der Waals surface area (Å²) in [6.45, 7) is 5.89. The molecular formula is C61H108O12. The topological polar surface area (TPSA) is 175 Å². The fourth-order valence-corrected chi connectivity index (χ4v) is 9.03. The molecule has 0 aromatic heterocycles. The summed E-state index contributed by atoms with van der Waals surface area (Å²) in [4.78, 5) is 51.0. The number of aliphatic hydroxyl groups excluding tert-OH is 2. The second-order valence-electron chi connectivity index (χ2n) is 20.6. The Morgan fingerprint density at radius 2 is 0.863 bits per heavy atom. The predicted octanol–water partition coefficient (Wildman–Crippen LogP) is 15.2. The molecule has 1 aliphatic rings. The number of ether oxygens (including phenoxy) is 5. The van der Waals surface area contributed by atoms with Gasteiger partial charge in [0, 0.05) is 19.3 Å². The summed E-state index contributed by atoms with van der Waals surface area (Å²) in [5.74, 6) is -3.13. The van der Waals surface area contributed by atoms with Gasteiger partial charge in [-0.25, -0.2) is 4.79 Å². The Bertz CT molecular complexity index is 1410. The molecule has 6 atom stereocenters. The molecule has 424 valence electrons. The number of carbonyl (C=O) groups is 4. The van der Waals surface area contributed by atoms with Crippen molar-refractivity contribution < 1.29 is 58.2 Å². The molecule has 12 heteroatoms. The molecule has 0 aromatic rings. The summed E-state index contributed by atoms with van der Waals surface area (Å²) < 4.78 is 28.4. The zero-order valence-electron chi connectivity index (χ0n) is 46.6. The summed E-state index contributed by atoms with van der Waals surface area (Å²) in [7, 11) is 0.